The van der Waals surface area contributed by atoms with Gasteiger partial charge in [0.2, 0.25) is 0 Å². The van der Waals surface area contributed by atoms with Crippen LogP contribution in [0.15, 0.2) is 0 Å². The number of esters is 4. The van der Waals surface area contributed by atoms with Crippen LogP contribution in [0.5, 0.6) is 0 Å². The second-order valence-electron chi connectivity index (χ2n) is 29.5. The first-order valence-electron chi connectivity index (χ1n) is 41.5. The molecule has 3 unspecified atom stereocenters. The van der Waals surface area contributed by atoms with Crippen molar-refractivity contribution in [2.24, 2.45) is 11.8 Å². The van der Waals surface area contributed by atoms with Gasteiger partial charge in [-0.05, 0) is 37.5 Å². The molecule has 588 valence electrons. The van der Waals surface area contributed by atoms with Crippen molar-refractivity contribution >= 4 is 39.5 Å². The van der Waals surface area contributed by atoms with Gasteiger partial charge in [0.25, 0.3) is 0 Å². The number of ether oxygens (including phenoxy) is 4. The summed E-state index contributed by atoms with van der Waals surface area (Å²) in [6, 6.07) is 0. The lowest BCUT2D eigenvalue weighted by Crippen LogP contribution is -2.30. The van der Waals surface area contributed by atoms with Crippen molar-refractivity contribution < 1.29 is 80.2 Å². The molecule has 0 fully saturated rings. The van der Waals surface area contributed by atoms with E-state index in [4.69, 9.17) is 37.0 Å². The topological polar surface area (TPSA) is 237 Å². The molecule has 0 aromatic carbocycles. The van der Waals surface area contributed by atoms with Crippen LogP contribution in [0.2, 0.25) is 0 Å². The van der Waals surface area contributed by atoms with E-state index in [0.29, 0.717) is 25.7 Å². The molecule has 0 aliphatic carbocycles. The first-order chi connectivity index (χ1) is 47.9. The lowest BCUT2D eigenvalue weighted by molar-refractivity contribution is -0.161. The summed E-state index contributed by atoms with van der Waals surface area (Å²) in [6.07, 6.45) is 60.8. The second kappa shape index (κ2) is 71.7. The van der Waals surface area contributed by atoms with E-state index in [1.807, 2.05) is 0 Å². The van der Waals surface area contributed by atoms with Gasteiger partial charge in [-0.3, -0.25) is 37.3 Å². The van der Waals surface area contributed by atoms with Crippen LogP contribution in [0.25, 0.3) is 0 Å². The molecule has 0 bridgehead atoms. The Hall–Kier alpha value is -1.94. The van der Waals surface area contributed by atoms with Crippen LogP contribution in [-0.2, 0) is 65.4 Å². The van der Waals surface area contributed by atoms with Crippen LogP contribution in [-0.4, -0.2) is 96.7 Å². The highest BCUT2D eigenvalue weighted by Crippen LogP contribution is 2.45. The molecule has 0 aliphatic heterocycles. The maximum atomic E-state index is 13.1. The van der Waals surface area contributed by atoms with Gasteiger partial charge in [-0.2, -0.15) is 0 Å². The molecule has 3 N–H and O–H groups in total. The summed E-state index contributed by atoms with van der Waals surface area (Å²) < 4.78 is 68.7. The highest BCUT2D eigenvalue weighted by molar-refractivity contribution is 7.47. The summed E-state index contributed by atoms with van der Waals surface area (Å²) >= 11 is 0. The fourth-order valence-electron chi connectivity index (χ4n) is 12.3. The highest BCUT2D eigenvalue weighted by Gasteiger charge is 2.30. The first-order valence-corrected chi connectivity index (χ1v) is 44.5. The Morgan fingerprint density at radius 1 is 0.293 bits per heavy atom. The Morgan fingerprint density at radius 2 is 0.515 bits per heavy atom. The molecule has 0 heterocycles. The van der Waals surface area contributed by atoms with Crippen molar-refractivity contribution in [1.29, 1.82) is 0 Å². The van der Waals surface area contributed by atoms with Crippen LogP contribution in [0.4, 0.5) is 0 Å². The minimum absolute atomic E-state index is 0.108. The Balaban J connectivity index is 5.27. The van der Waals surface area contributed by atoms with Crippen LogP contribution in [0.3, 0.4) is 0 Å². The van der Waals surface area contributed by atoms with E-state index in [1.165, 1.54) is 238 Å². The third-order valence-corrected chi connectivity index (χ3v) is 21.0. The average Bonchev–Trinajstić information content (AvgIpc) is 1.00. The smallest absolute Gasteiger partial charge is 0.462 e. The lowest BCUT2D eigenvalue weighted by Gasteiger charge is -2.21. The maximum absolute atomic E-state index is 13.1. The van der Waals surface area contributed by atoms with Crippen molar-refractivity contribution in [3.8, 4) is 0 Å². The molecule has 0 spiro atoms. The number of aliphatic hydroxyl groups is 1. The van der Waals surface area contributed by atoms with Crippen LogP contribution in [0, 0.1) is 11.8 Å². The Morgan fingerprint density at radius 3 is 0.768 bits per heavy atom. The molecule has 0 rings (SSSR count). The summed E-state index contributed by atoms with van der Waals surface area (Å²) in [7, 11) is -9.92. The minimum Gasteiger partial charge on any atom is -0.462 e. The zero-order chi connectivity index (χ0) is 72.8. The van der Waals surface area contributed by atoms with E-state index in [0.717, 1.165) is 102 Å². The number of hydrogen-bond donors (Lipinski definition) is 3. The zero-order valence-corrected chi connectivity index (χ0v) is 66.6. The van der Waals surface area contributed by atoms with E-state index in [1.54, 1.807) is 0 Å². The third-order valence-electron chi connectivity index (χ3n) is 19.1. The van der Waals surface area contributed by atoms with Crippen molar-refractivity contribution in [1.82, 2.24) is 0 Å². The van der Waals surface area contributed by atoms with Gasteiger partial charge in [0.05, 0.1) is 26.4 Å². The third kappa shape index (κ3) is 72.8. The molecule has 0 amide bonds. The number of phosphoric acid groups is 2. The monoisotopic (exact) mass is 1450 g/mol. The zero-order valence-electron chi connectivity index (χ0n) is 64.8. The number of rotatable bonds is 79. The van der Waals surface area contributed by atoms with Gasteiger partial charge >= 0.3 is 39.5 Å². The van der Waals surface area contributed by atoms with Crippen LogP contribution in [0.1, 0.15) is 420 Å². The van der Waals surface area contributed by atoms with Crippen molar-refractivity contribution in [3.63, 3.8) is 0 Å². The Labute approximate surface area is 607 Å². The summed E-state index contributed by atoms with van der Waals surface area (Å²) in [5.74, 6) is -0.548. The molecule has 0 saturated carbocycles. The molecule has 6 atom stereocenters. The predicted molar refractivity (Wildman–Crippen MR) is 405 cm³/mol. The van der Waals surface area contributed by atoms with Gasteiger partial charge in [-0.15, -0.1) is 0 Å². The van der Waals surface area contributed by atoms with Gasteiger partial charge in [-0.25, -0.2) is 9.13 Å². The van der Waals surface area contributed by atoms with Crippen molar-refractivity contribution in [2.45, 2.75) is 439 Å². The fourth-order valence-corrected chi connectivity index (χ4v) is 13.9. The van der Waals surface area contributed by atoms with E-state index in [2.05, 4.69) is 41.5 Å². The first kappa shape index (κ1) is 97.1. The molecule has 0 aromatic heterocycles. The van der Waals surface area contributed by atoms with Crippen LogP contribution >= 0.6 is 15.6 Å². The molecule has 0 aliphatic rings. The number of phosphoric ester groups is 2. The average molecular weight is 1450 g/mol. The summed E-state index contributed by atoms with van der Waals surface area (Å²) in [5.41, 5.74) is 0. The van der Waals surface area contributed by atoms with E-state index in [9.17, 15) is 43.2 Å². The molecule has 19 heteroatoms. The number of unbranched alkanes of at least 4 members (excludes halogenated alkanes) is 48. The standard InChI is InChI=1S/C80H156O17P2/c1-7-10-12-14-16-18-20-22-24-25-27-29-35-39-47-53-59-65-79(84)96-75(68-90-77(82)62-56-50-44-37-33-31-30-32-36-42-48-54-60-72(4)5)70-94-98(86,87)92-66-74(81)67-93-99(88,89)95-71-76(69-91-78(83)63-57-51-45-41-40-43-49-55-61-73(6)9-3)97-80(85)64-58-52-46-38-34-28-26-23-21-19-17-15-13-11-8-2/h72-76,81H,7-71H2,1-6H3,(H,86,87)(H,88,89)/t73?,74-,75-,76-/m1/s1. The van der Waals surface area contributed by atoms with Gasteiger partial charge < -0.3 is 33.8 Å². The van der Waals surface area contributed by atoms with Crippen LogP contribution < -0.4 is 0 Å². The van der Waals surface area contributed by atoms with Crippen molar-refractivity contribution in [3.05, 3.63) is 0 Å². The SMILES string of the molecule is CCCCCCCCCCCCCCCCCCCC(=O)O[C@H](COC(=O)CCCCCCCCCCCCCCC(C)C)COP(=O)(O)OC[C@@H](O)COP(=O)(O)OC[C@@H](COC(=O)CCCCCCCCCCC(C)CC)OC(=O)CCCCCCCCCCCCCCCCC. The molecule has 99 heavy (non-hydrogen) atoms. The van der Waals surface area contributed by atoms with Gasteiger partial charge in [0.1, 0.15) is 19.3 Å². The van der Waals surface area contributed by atoms with Gasteiger partial charge in [0.15, 0.2) is 12.2 Å². The molecule has 0 aromatic rings. The van der Waals surface area contributed by atoms with Gasteiger partial charge in [-0.1, -0.05) is 369 Å². The lowest BCUT2D eigenvalue weighted by atomic mass is 9.99. The maximum Gasteiger partial charge on any atom is 0.472 e. The molecular weight excluding hydrogens is 1290 g/mol. The number of aliphatic hydroxyl groups excluding tert-OH is 1. The molecular formula is C80H156O17P2. The van der Waals surface area contributed by atoms with Crippen molar-refractivity contribution in [2.75, 3.05) is 39.6 Å². The summed E-state index contributed by atoms with van der Waals surface area (Å²) in [4.78, 5) is 73.0. The minimum atomic E-state index is -4.96. The molecule has 17 nitrogen and oxygen atoms in total. The van der Waals surface area contributed by atoms with E-state index >= 15 is 0 Å². The normalized spacial score (nSPS) is 14.2. The fraction of sp³-hybridized carbons (Fsp3) is 0.950. The predicted octanol–water partition coefficient (Wildman–Crippen LogP) is 23.9. The Bertz CT molecular complexity index is 1910. The number of hydrogen-bond acceptors (Lipinski definition) is 15. The number of carbonyl (C=O) groups is 4. The highest BCUT2D eigenvalue weighted by atomic mass is 31.2. The molecule has 0 saturated heterocycles. The number of carbonyl (C=O) groups excluding carboxylic acids is 4. The van der Waals surface area contributed by atoms with E-state index in [-0.39, 0.29) is 25.7 Å². The summed E-state index contributed by atoms with van der Waals surface area (Å²) in [5, 5.41) is 10.6. The van der Waals surface area contributed by atoms with Gasteiger partial charge in [0, 0.05) is 25.7 Å². The largest absolute Gasteiger partial charge is 0.472 e. The quantitative estimate of drug-likeness (QED) is 0.0222. The summed E-state index contributed by atoms with van der Waals surface area (Å²) in [6.45, 7) is 9.65. The second-order valence-corrected chi connectivity index (χ2v) is 32.4. The van der Waals surface area contributed by atoms with E-state index < -0.39 is 97.5 Å². The molecule has 0 radical (unpaired) electrons. The Kier molecular flexibility index (Phi) is 70.3.